The minimum Gasteiger partial charge on any atom is -0.508 e. The molecule has 0 unspecified atom stereocenters. The zero-order valence-electron chi connectivity index (χ0n) is 10.2. The van der Waals surface area contributed by atoms with Crippen molar-refractivity contribution in [2.45, 2.75) is 6.18 Å². The van der Waals surface area contributed by atoms with Gasteiger partial charge in [0, 0.05) is 0 Å². The molecule has 0 aliphatic carbocycles. The second-order valence-corrected chi connectivity index (χ2v) is 3.82. The average Bonchev–Trinajstić information content (AvgIpc) is 2.83. The molecule has 0 aliphatic rings. The molecular weight excluding hydrogens is 277 g/mol. The summed E-state index contributed by atoms with van der Waals surface area (Å²) in [4.78, 5) is 11.4. The number of carbonyl (C=O) groups excluding carboxylic acids is 1. The summed E-state index contributed by atoms with van der Waals surface area (Å²) < 4.78 is 44.1. The van der Waals surface area contributed by atoms with E-state index in [0.717, 1.165) is 13.3 Å². The quantitative estimate of drug-likeness (QED) is 0.861. The molecule has 1 heterocycles. The fraction of sp³-hybridized carbons (Fsp3) is 0.167. The Labute approximate surface area is 111 Å². The number of aromatic hydroxyl groups is 1. The molecule has 106 valence electrons. The Bertz CT molecular complexity index is 632. The van der Waals surface area contributed by atoms with Gasteiger partial charge in [-0.05, 0) is 24.3 Å². The standard InChI is InChI=1S/C12H9F3N2O3/c1-20-11(19)9-6-16-17(10(9)12(13,14)15)7-2-4-8(18)5-3-7/h2-6,18H,1H3. The van der Waals surface area contributed by atoms with E-state index in [1.807, 2.05) is 0 Å². The smallest absolute Gasteiger partial charge is 0.434 e. The number of esters is 1. The molecule has 0 saturated carbocycles. The fourth-order valence-corrected chi connectivity index (χ4v) is 1.67. The summed E-state index contributed by atoms with van der Waals surface area (Å²) in [6, 6.07) is 4.93. The highest BCUT2D eigenvalue weighted by Crippen LogP contribution is 2.34. The third-order valence-corrected chi connectivity index (χ3v) is 2.54. The third-order valence-electron chi connectivity index (χ3n) is 2.54. The molecular formula is C12H9F3N2O3. The first-order valence-electron chi connectivity index (χ1n) is 5.37. The Balaban J connectivity index is 2.62. The van der Waals surface area contributed by atoms with E-state index in [-0.39, 0.29) is 11.4 Å². The topological polar surface area (TPSA) is 64.3 Å². The van der Waals surface area contributed by atoms with Crippen molar-refractivity contribution < 1.29 is 27.8 Å². The molecule has 0 radical (unpaired) electrons. The maximum absolute atomic E-state index is 13.1. The lowest BCUT2D eigenvalue weighted by Gasteiger charge is -2.12. The highest BCUT2D eigenvalue weighted by atomic mass is 19.4. The largest absolute Gasteiger partial charge is 0.508 e. The van der Waals surface area contributed by atoms with Crippen LogP contribution in [0.2, 0.25) is 0 Å². The first-order valence-corrected chi connectivity index (χ1v) is 5.37. The zero-order chi connectivity index (χ0) is 14.9. The van der Waals surface area contributed by atoms with Crippen molar-refractivity contribution in [2.24, 2.45) is 0 Å². The van der Waals surface area contributed by atoms with Crippen LogP contribution in [0.1, 0.15) is 16.1 Å². The van der Waals surface area contributed by atoms with Crippen LogP contribution in [-0.4, -0.2) is 28.0 Å². The minimum atomic E-state index is -4.78. The number of benzene rings is 1. The number of methoxy groups -OCH3 is 1. The van der Waals surface area contributed by atoms with Gasteiger partial charge < -0.3 is 9.84 Å². The van der Waals surface area contributed by atoms with Crippen LogP contribution in [0.25, 0.3) is 5.69 Å². The third kappa shape index (κ3) is 2.44. The molecule has 8 heteroatoms. The molecule has 0 bridgehead atoms. The average molecular weight is 286 g/mol. The summed E-state index contributed by atoms with van der Waals surface area (Å²) in [7, 11) is 0.986. The van der Waals surface area contributed by atoms with Crippen LogP contribution >= 0.6 is 0 Å². The number of carbonyl (C=O) groups is 1. The molecule has 0 aliphatic heterocycles. The van der Waals surface area contributed by atoms with Crippen molar-refractivity contribution in [3.8, 4) is 11.4 Å². The molecule has 0 amide bonds. The van der Waals surface area contributed by atoms with Crippen LogP contribution in [0.15, 0.2) is 30.5 Å². The Morgan fingerprint density at radius 1 is 1.30 bits per heavy atom. The van der Waals surface area contributed by atoms with E-state index in [0.29, 0.717) is 4.68 Å². The lowest BCUT2D eigenvalue weighted by Crippen LogP contribution is -2.17. The van der Waals surface area contributed by atoms with E-state index in [9.17, 15) is 18.0 Å². The van der Waals surface area contributed by atoms with Crippen molar-refractivity contribution >= 4 is 5.97 Å². The number of phenolic OH excluding ortho intramolecular Hbond substituents is 1. The van der Waals surface area contributed by atoms with E-state index in [1.54, 1.807) is 0 Å². The molecule has 20 heavy (non-hydrogen) atoms. The van der Waals surface area contributed by atoms with Gasteiger partial charge in [0.15, 0.2) is 5.69 Å². The Hall–Kier alpha value is -2.51. The number of hydrogen-bond donors (Lipinski definition) is 1. The van der Waals surface area contributed by atoms with Crippen molar-refractivity contribution in [2.75, 3.05) is 7.11 Å². The van der Waals surface area contributed by atoms with Gasteiger partial charge in [-0.15, -0.1) is 0 Å². The van der Waals surface area contributed by atoms with Crippen molar-refractivity contribution in [3.63, 3.8) is 0 Å². The van der Waals surface area contributed by atoms with E-state index in [2.05, 4.69) is 9.84 Å². The zero-order valence-corrected chi connectivity index (χ0v) is 10.2. The van der Waals surface area contributed by atoms with E-state index < -0.39 is 23.4 Å². The number of alkyl halides is 3. The van der Waals surface area contributed by atoms with Crippen LogP contribution in [0.3, 0.4) is 0 Å². The summed E-state index contributed by atoms with van der Waals surface area (Å²) in [5.41, 5.74) is -1.84. The first-order chi connectivity index (χ1) is 9.34. The van der Waals surface area contributed by atoms with Crippen LogP contribution in [0.5, 0.6) is 5.75 Å². The number of halogens is 3. The summed E-state index contributed by atoms with van der Waals surface area (Å²) in [5.74, 6) is -1.22. The lowest BCUT2D eigenvalue weighted by atomic mass is 10.2. The minimum absolute atomic E-state index is 0.0604. The van der Waals surface area contributed by atoms with Crippen molar-refractivity contribution in [1.29, 1.82) is 0 Å². The monoisotopic (exact) mass is 286 g/mol. The van der Waals surface area contributed by atoms with Crippen molar-refractivity contribution in [3.05, 3.63) is 41.7 Å². The number of ether oxygens (including phenoxy) is 1. The molecule has 1 N–H and O–H groups in total. The number of phenols is 1. The Morgan fingerprint density at radius 2 is 1.90 bits per heavy atom. The van der Waals surface area contributed by atoms with E-state index in [4.69, 9.17) is 5.11 Å². The summed E-state index contributed by atoms with van der Waals surface area (Å²) in [6.45, 7) is 0. The SMILES string of the molecule is COC(=O)c1cnn(-c2ccc(O)cc2)c1C(F)(F)F. The van der Waals surface area contributed by atoms with Crippen LogP contribution in [0.4, 0.5) is 13.2 Å². The van der Waals surface area contributed by atoms with Gasteiger partial charge in [0.25, 0.3) is 0 Å². The summed E-state index contributed by atoms with van der Waals surface area (Å²) in [5, 5.41) is 12.7. The predicted molar refractivity (Wildman–Crippen MR) is 61.6 cm³/mol. The molecule has 2 aromatic rings. The van der Waals surface area contributed by atoms with Gasteiger partial charge in [-0.25, -0.2) is 9.48 Å². The van der Waals surface area contributed by atoms with Crippen LogP contribution < -0.4 is 0 Å². The highest BCUT2D eigenvalue weighted by molar-refractivity contribution is 5.90. The predicted octanol–water partition coefficient (Wildman–Crippen LogP) is 2.38. The maximum Gasteiger partial charge on any atom is 0.434 e. The number of rotatable bonds is 2. The number of nitrogens with zero attached hydrogens (tertiary/aromatic N) is 2. The fourth-order valence-electron chi connectivity index (χ4n) is 1.67. The van der Waals surface area contributed by atoms with Gasteiger partial charge in [0.1, 0.15) is 11.3 Å². The number of hydrogen-bond acceptors (Lipinski definition) is 4. The lowest BCUT2D eigenvalue weighted by molar-refractivity contribution is -0.143. The highest BCUT2D eigenvalue weighted by Gasteiger charge is 2.40. The summed E-state index contributed by atoms with van der Waals surface area (Å²) >= 11 is 0. The molecule has 0 atom stereocenters. The van der Waals surface area contributed by atoms with Gasteiger partial charge in [-0.3, -0.25) is 0 Å². The van der Waals surface area contributed by atoms with Gasteiger partial charge in [-0.2, -0.15) is 18.3 Å². The molecule has 1 aromatic heterocycles. The Kier molecular flexibility index (Phi) is 3.39. The maximum atomic E-state index is 13.1. The van der Waals surface area contributed by atoms with Gasteiger partial charge in [0.2, 0.25) is 0 Å². The second-order valence-electron chi connectivity index (χ2n) is 3.82. The Morgan fingerprint density at radius 3 is 2.40 bits per heavy atom. The van der Waals surface area contributed by atoms with Crippen LogP contribution in [-0.2, 0) is 10.9 Å². The second kappa shape index (κ2) is 4.87. The van der Waals surface area contributed by atoms with Gasteiger partial charge in [0.05, 0.1) is 19.0 Å². The molecule has 0 saturated heterocycles. The molecule has 0 fully saturated rings. The van der Waals surface area contributed by atoms with Crippen LogP contribution in [0, 0.1) is 0 Å². The number of aromatic nitrogens is 2. The van der Waals surface area contributed by atoms with Gasteiger partial charge >= 0.3 is 12.1 Å². The molecule has 1 aromatic carbocycles. The van der Waals surface area contributed by atoms with Crippen molar-refractivity contribution in [1.82, 2.24) is 9.78 Å². The molecule has 2 rings (SSSR count). The van der Waals surface area contributed by atoms with E-state index in [1.165, 1.54) is 24.3 Å². The molecule has 0 spiro atoms. The first kappa shape index (κ1) is 13.9. The summed E-state index contributed by atoms with van der Waals surface area (Å²) in [6.07, 6.45) is -3.99. The van der Waals surface area contributed by atoms with E-state index >= 15 is 0 Å². The normalized spacial score (nSPS) is 11.4. The molecule has 5 nitrogen and oxygen atoms in total. The van der Waals surface area contributed by atoms with Gasteiger partial charge in [-0.1, -0.05) is 0 Å².